The summed E-state index contributed by atoms with van der Waals surface area (Å²) >= 11 is 0. The van der Waals surface area contributed by atoms with Gasteiger partial charge in [0.15, 0.2) is 0 Å². The van der Waals surface area contributed by atoms with Gasteiger partial charge in [-0.15, -0.1) is 0 Å². The molecule has 2 aliphatic carbocycles. The van der Waals surface area contributed by atoms with Crippen LogP contribution in [0.4, 0.5) is 0 Å². The Morgan fingerprint density at radius 3 is 2.65 bits per heavy atom. The quantitative estimate of drug-likeness (QED) is 0.762. The molecule has 0 heterocycles. The fraction of sp³-hybridized carbons (Fsp3) is 0.889. The van der Waals surface area contributed by atoms with E-state index in [0.29, 0.717) is 17.3 Å². The third-order valence-corrected chi connectivity index (χ3v) is 5.86. The monoisotopic (exact) mass is 280 g/mol. The van der Waals surface area contributed by atoms with Gasteiger partial charge in [0.1, 0.15) is 0 Å². The van der Waals surface area contributed by atoms with Gasteiger partial charge < -0.3 is 10.2 Å². The maximum atomic E-state index is 10.3. The molecule has 4 atom stereocenters. The summed E-state index contributed by atoms with van der Waals surface area (Å²) in [6.07, 6.45) is 9.85. The molecule has 0 aromatic carbocycles. The fourth-order valence-corrected chi connectivity index (χ4v) is 4.69. The minimum atomic E-state index is -0.570. The van der Waals surface area contributed by atoms with Gasteiger partial charge in [-0.3, -0.25) is 0 Å². The third kappa shape index (κ3) is 3.28. The zero-order valence-electron chi connectivity index (χ0n) is 13.7. The summed E-state index contributed by atoms with van der Waals surface area (Å²) in [5.41, 5.74) is 1.21. The highest BCUT2D eigenvalue weighted by Gasteiger charge is 2.51. The predicted molar refractivity (Wildman–Crippen MR) is 83.5 cm³/mol. The Hall–Kier alpha value is -0.340. The van der Waals surface area contributed by atoms with Crippen molar-refractivity contribution >= 4 is 0 Å². The molecule has 0 bridgehead atoms. The second kappa shape index (κ2) is 5.81. The molecule has 0 spiro atoms. The molecule has 0 aliphatic heterocycles. The Balaban J connectivity index is 2.03. The average molecular weight is 280 g/mol. The van der Waals surface area contributed by atoms with E-state index in [1.807, 2.05) is 13.8 Å². The van der Waals surface area contributed by atoms with Crippen molar-refractivity contribution < 1.29 is 10.2 Å². The highest BCUT2D eigenvalue weighted by atomic mass is 16.3. The van der Waals surface area contributed by atoms with Crippen molar-refractivity contribution in [3.8, 4) is 0 Å². The molecule has 2 saturated carbocycles. The average Bonchev–Trinajstić information content (AvgIpc) is 2.66. The summed E-state index contributed by atoms with van der Waals surface area (Å²) < 4.78 is 0. The normalized spacial score (nSPS) is 38.9. The number of aliphatic hydroxyl groups is 2. The molecule has 2 heteroatoms. The van der Waals surface area contributed by atoms with Crippen LogP contribution in [-0.4, -0.2) is 21.9 Å². The predicted octanol–water partition coefficient (Wildman–Crippen LogP) is 4.06. The minimum absolute atomic E-state index is 0.0806. The Labute approximate surface area is 124 Å². The van der Waals surface area contributed by atoms with Crippen LogP contribution in [0, 0.1) is 17.3 Å². The zero-order valence-corrected chi connectivity index (χ0v) is 13.7. The number of allylic oxidation sites excluding steroid dienone is 2. The summed E-state index contributed by atoms with van der Waals surface area (Å²) in [6.45, 7) is 8.40. The first-order valence-electron chi connectivity index (χ1n) is 8.31. The molecular weight excluding hydrogens is 248 g/mol. The van der Waals surface area contributed by atoms with Crippen LogP contribution in [0.25, 0.3) is 0 Å². The molecular formula is C18H32O2. The molecule has 0 radical (unpaired) electrons. The summed E-state index contributed by atoms with van der Waals surface area (Å²) in [5, 5.41) is 20.1. The number of fused-ring (bicyclic) bond motifs is 1. The molecule has 20 heavy (non-hydrogen) atoms. The van der Waals surface area contributed by atoms with Crippen LogP contribution in [0.1, 0.15) is 72.6 Å². The van der Waals surface area contributed by atoms with Gasteiger partial charge in [-0.2, -0.15) is 0 Å². The first-order valence-corrected chi connectivity index (χ1v) is 8.31. The molecule has 116 valence electrons. The Bertz CT molecular complexity index is 366. The van der Waals surface area contributed by atoms with Gasteiger partial charge in [-0.25, -0.2) is 0 Å². The molecule has 2 aliphatic rings. The van der Waals surface area contributed by atoms with E-state index in [0.717, 1.165) is 19.3 Å². The zero-order chi connectivity index (χ0) is 15.0. The van der Waals surface area contributed by atoms with Gasteiger partial charge in [0.25, 0.3) is 0 Å². The number of aliphatic hydroxyl groups excluding tert-OH is 1. The van der Waals surface area contributed by atoms with Crippen molar-refractivity contribution in [2.45, 2.75) is 84.3 Å². The first kappa shape index (κ1) is 16.0. The van der Waals surface area contributed by atoms with E-state index in [4.69, 9.17) is 0 Å². The topological polar surface area (TPSA) is 40.5 Å². The van der Waals surface area contributed by atoms with Gasteiger partial charge in [0.05, 0.1) is 11.7 Å². The van der Waals surface area contributed by atoms with Gasteiger partial charge >= 0.3 is 0 Å². The van der Waals surface area contributed by atoms with Crippen LogP contribution in [-0.2, 0) is 0 Å². The molecule has 2 nitrogen and oxygen atoms in total. The summed E-state index contributed by atoms with van der Waals surface area (Å²) in [4.78, 5) is 0. The molecule has 0 aromatic rings. The fourth-order valence-electron chi connectivity index (χ4n) is 4.69. The Morgan fingerprint density at radius 2 is 2.00 bits per heavy atom. The van der Waals surface area contributed by atoms with Crippen LogP contribution in [0.15, 0.2) is 11.6 Å². The van der Waals surface area contributed by atoms with E-state index in [1.54, 1.807) is 0 Å². The highest BCUT2D eigenvalue weighted by molar-refractivity contribution is 5.15. The lowest BCUT2D eigenvalue weighted by Gasteiger charge is -2.43. The third-order valence-electron chi connectivity index (χ3n) is 5.86. The van der Waals surface area contributed by atoms with Crippen LogP contribution >= 0.6 is 0 Å². The van der Waals surface area contributed by atoms with Crippen molar-refractivity contribution in [1.82, 2.24) is 0 Å². The lowest BCUT2D eigenvalue weighted by Crippen LogP contribution is -2.40. The van der Waals surface area contributed by atoms with Crippen molar-refractivity contribution in [3.05, 3.63) is 11.6 Å². The largest absolute Gasteiger partial charge is 0.393 e. The molecule has 0 amide bonds. The van der Waals surface area contributed by atoms with Crippen molar-refractivity contribution in [2.75, 3.05) is 0 Å². The number of hydrogen-bond donors (Lipinski definition) is 2. The minimum Gasteiger partial charge on any atom is -0.393 e. The molecule has 2 rings (SSSR count). The molecule has 1 unspecified atom stereocenters. The van der Waals surface area contributed by atoms with E-state index in [1.165, 1.54) is 31.3 Å². The van der Waals surface area contributed by atoms with Gasteiger partial charge in [0.2, 0.25) is 0 Å². The second-order valence-electron chi connectivity index (χ2n) is 8.00. The van der Waals surface area contributed by atoms with Crippen LogP contribution in [0.5, 0.6) is 0 Å². The van der Waals surface area contributed by atoms with Crippen molar-refractivity contribution in [1.29, 1.82) is 0 Å². The SMILES string of the molecule is C/C(=C\CCC(C)(C)O)[C@H]1CC[C@H]2C(O)CCC[C@]12C. The molecule has 2 fully saturated rings. The van der Waals surface area contributed by atoms with E-state index in [2.05, 4.69) is 19.9 Å². The highest BCUT2D eigenvalue weighted by Crippen LogP contribution is 2.57. The summed E-state index contributed by atoms with van der Waals surface area (Å²) in [7, 11) is 0. The first-order chi connectivity index (χ1) is 9.24. The smallest absolute Gasteiger partial charge is 0.0594 e. The van der Waals surface area contributed by atoms with E-state index >= 15 is 0 Å². The molecule has 2 N–H and O–H groups in total. The summed E-state index contributed by atoms with van der Waals surface area (Å²) in [6, 6.07) is 0. The number of rotatable bonds is 4. The maximum absolute atomic E-state index is 10.3. The van der Waals surface area contributed by atoms with Crippen molar-refractivity contribution in [3.63, 3.8) is 0 Å². The standard InChI is InChI=1S/C18H32O2/c1-13(7-5-11-17(2,3)20)14-9-10-15-16(19)8-6-12-18(14,15)4/h7,14-16,19-20H,5-6,8-12H2,1-4H3/b13-7+/t14-,15+,16?,18-/m1/s1. The lowest BCUT2D eigenvalue weighted by atomic mass is 9.63. The molecule has 0 aromatic heterocycles. The van der Waals surface area contributed by atoms with E-state index < -0.39 is 5.60 Å². The maximum Gasteiger partial charge on any atom is 0.0594 e. The van der Waals surface area contributed by atoms with Crippen LogP contribution < -0.4 is 0 Å². The van der Waals surface area contributed by atoms with Gasteiger partial charge in [-0.1, -0.05) is 25.0 Å². The Kier molecular flexibility index (Phi) is 4.66. The lowest BCUT2D eigenvalue weighted by molar-refractivity contribution is -0.0110. The van der Waals surface area contributed by atoms with Gasteiger partial charge in [0, 0.05) is 0 Å². The summed E-state index contributed by atoms with van der Waals surface area (Å²) in [5.74, 6) is 1.13. The molecule has 0 saturated heterocycles. The van der Waals surface area contributed by atoms with Crippen molar-refractivity contribution in [2.24, 2.45) is 17.3 Å². The van der Waals surface area contributed by atoms with Crippen LogP contribution in [0.2, 0.25) is 0 Å². The second-order valence-corrected chi connectivity index (χ2v) is 8.00. The Morgan fingerprint density at radius 1 is 1.30 bits per heavy atom. The van der Waals surface area contributed by atoms with Gasteiger partial charge in [-0.05, 0) is 76.5 Å². The number of hydrogen-bond acceptors (Lipinski definition) is 2. The van der Waals surface area contributed by atoms with E-state index in [-0.39, 0.29) is 6.10 Å². The van der Waals surface area contributed by atoms with E-state index in [9.17, 15) is 10.2 Å². The van der Waals surface area contributed by atoms with Crippen LogP contribution in [0.3, 0.4) is 0 Å².